The maximum absolute atomic E-state index is 12.5. The number of hydrogen-bond donors (Lipinski definition) is 4. The van der Waals surface area contributed by atoms with Crippen LogP contribution in [-0.2, 0) is 19.1 Å². The number of amides is 1. The third-order valence-electron chi connectivity index (χ3n) is 3.66. The van der Waals surface area contributed by atoms with Gasteiger partial charge in [0.15, 0.2) is 0 Å². The molecule has 11 heteroatoms. The topological polar surface area (TPSA) is 142 Å². The van der Waals surface area contributed by atoms with Crippen molar-refractivity contribution in [1.82, 2.24) is 4.72 Å². The van der Waals surface area contributed by atoms with Gasteiger partial charge in [0, 0.05) is 28.6 Å². The Labute approximate surface area is 143 Å². The molecule has 1 aliphatic heterocycles. The lowest BCUT2D eigenvalue weighted by Gasteiger charge is -2.10. The van der Waals surface area contributed by atoms with Gasteiger partial charge in [-0.25, -0.2) is 17.7 Å². The van der Waals surface area contributed by atoms with E-state index >= 15 is 0 Å². The van der Waals surface area contributed by atoms with Gasteiger partial charge in [-0.15, -0.1) is 0 Å². The smallest absolute Gasteiger partial charge is 0.321 e. The standard InChI is InChI=1S/C14H15N2O7PS/c17-14-10-4-1-3-9-12(6-5-11(16-14)13(9)10)25(21,22)15-7-2-8-23-24(18,19)20/h1,3-6,15H,2,7-8H2,(H,16,17)(H2,18,19,20). The molecule has 0 fully saturated rings. The Morgan fingerprint density at radius 1 is 1.20 bits per heavy atom. The van der Waals surface area contributed by atoms with Crippen LogP contribution >= 0.6 is 7.82 Å². The number of carbonyl (C=O) groups is 1. The molecule has 4 N–H and O–H groups in total. The molecule has 134 valence electrons. The Kier molecular flexibility index (Phi) is 4.67. The molecule has 2 aromatic carbocycles. The summed E-state index contributed by atoms with van der Waals surface area (Å²) >= 11 is 0. The average molecular weight is 386 g/mol. The summed E-state index contributed by atoms with van der Waals surface area (Å²) in [6.45, 7) is -0.336. The van der Waals surface area contributed by atoms with Crippen LogP contribution in [0.4, 0.5) is 5.69 Å². The molecule has 1 aliphatic rings. The van der Waals surface area contributed by atoms with Crippen molar-refractivity contribution in [3.8, 4) is 0 Å². The zero-order valence-electron chi connectivity index (χ0n) is 12.8. The highest BCUT2D eigenvalue weighted by Crippen LogP contribution is 2.37. The van der Waals surface area contributed by atoms with Crippen molar-refractivity contribution in [2.24, 2.45) is 0 Å². The molecule has 0 radical (unpaired) electrons. The summed E-state index contributed by atoms with van der Waals surface area (Å²) in [6.07, 6.45) is 0.0889. The molecule has 0 spiro atoms. The van der Waals surface area contributed by atoms with Crippen molar-refractivity contribution in [3.63, 3.8) is 0 Å². The van der Waals surface area contributed by atoms with Gasteiger partial charge in [0.1, 0.15) is 0 Å². The molecule has 0 saturated heterocycles. The highest BCUT2D eigenvalue weighted by Gasteiger charge is 2.26. The first-order chi connectivity index (χ1) is 11.7. The van der Waals surface area contributed by atoms with E-state index in [-0.39, 0.29) is 30.4 Å². The van der Waals surface area contributed by atoms with Crippen LogP contribution in [0, 0.1) is 0 Å². The Morgan fingerprint density at radius 2 is 1.96 bits per heavy atom. The maximum atomic E-state index is 12.5. The molecule has 2 aromatic rings. The van der Waals surface area contributed by atoms with Crippen molar-refractivity contribution in [2.45, 2.75) is 11.3 Å². The van der Waals surface area contributed by atoms with E-state index in [9.17, 15) is 17.8 Å². The van der Waals surface area contributed by atoms with Crippen LogP contribution in [0.25, 0.3) is 10.8 Å². The minimum Gasteiger partial charge on any atom is -0.321 e. The Morgan fingerprint density at radius 3 is 2.68 bits per heavy atom. The van der Waals surface area contributed by atoms with Gasteiger partial charge in [0.25, 0.3) is 5.91 Å². The number of nitrogens with one attached hydrogen (secondary N) is 2. The van der Waals surface area contributed by atoms with Crippen molar-refractivity contribution in [2.75, 3.05) is 18.5 Å². The van der Waals surface area contributed by atoms with Crippen LogP contribution in [0.15, 0.2) is 35.2 Å². The van der Waals surface area contributed by atoms with Crippen molar-refractivity contribution >= 4 is 40.2 Å². The van der Waals surface area contributed by atoms with E-state index in [1.807, 2.05) is 0 Å². The van der Waals surface area contributed by atoms with Gasteiger partial charge < -0.3 is 15.1 Å². The fourth-order valence-electron chi connectivity index (χ4n) is 2.64. The number of hydrogen-bond acceptors (Lipinski definition) is 5. The lowest BCUT2D eigenvalue weighted by molar-refractivity contribution is 0.103. The van der Waals surface area contributed by atoms with Crippen LogP contribution in [0.5, 0.6) is 0 Å². The second-order valence-electron chi connectivity index (χ2n) is 5.37. The first kappa shape index (κ1) is 18.0. The summed E-state index contributed by atoms with van der Waals surface area (Å²) in [5.41, 5.74) is 0.976. The van der Waals surface area contributed by atoms with Gasteiger partial charge in [-0.05, 0) is 24.6 Å². The van der Waals surface area contributed by atoms with E-state index < -0.39 is 17.8 Å². The molecule has 1 heterocycles. The fraction of sp³-hybridized carbons (Fsp3) is 0.214. The first-order valence-electron chi connectivity index (χ1n) is 7.26. The average Bonchev–Trinajstić information content (AvgIpc) is 2.84. The maximum Gasteiger partial charge on any atom is 0.469 e. The Balaban J connectivity index is 1.81. The summed E-state index contributed by atoms with van der Waals surface area (Å²) < 4.78 is 42.2. The minimum atomic E-state index is -4.56. The Hall–Kier alpha value is -1.81. The van der Waals surface area contributed by atoms with Crippen molar-refractivity contribution < 1.29 is 32.1 Å². The van der Waals surface area contributed by atoms with E-state index in [0.29, 0.717) is 22.0 Å². The largest absolute Gasteiger partial charge is 0.469 e. The molecular weight excluding hydrogens is 371 g/mol. The minimum absolute atomic E-state index is 0.0282. The predicted octanol–water partition coefficient (Wildman–Crippen LogP) is 1.18. The summed E-state index contributed by atoms with van der Waals surface area (Å²) in [7, 11) is -8.43. The molecule has 0 atom stereocenters. The predicted molar refractivity (Wildman–Crippen MR) is 89.7 cm³/mol. The zero-order chi connectivity index (χ0) is 18.2. The number of rotatable bonds is 7. The van der Waals surface area contributed by atoms with Crippen molar-refractivity contribution in [3.05, 3.63) is 35.9 Å². The van der Waals surface area contributed by atoms with Crippen LogP contribution in [-0.4, -0.2) is 37.3 Å². The molecular formula is C14H15N2O7PS. The second kappa shape index (κ2) is 6.49. The Bertz CT molecular complexity index is 1000. The molecule has 0 unspecified atom stereocenters. The number of carbonyl (C=O) groups excluding carboxylic acids is 1. The SMILES string of the molecule is O=C1Nc2ccc(S(=O)(=O)NCCCOP(=O)(O)O)c3cccc1c23. The number of anilines is 1. The van der Waals surface area contributed by atoms with Gasteiger partial charge in [0.05, 0.1) is 11.5 Å². The second-order valence-corrected chi connectivity index (χ2v) is 8.34. The van der Waals surface area contributed by atoms with Crippen LogP contribution < -0.4 is 10.0 Å². The lowest BCUT2D eigenvalue weighted by Crippen LogP contribution is -2.25. The molecule has 0 aromatic heterocycles. The van der Waals surface area contributed by atoms with E-state index in [1.165, 1.54) is 12.1 Å². The van der Waals surface area contributed by atoms with Gasteiger partial charge in [-0.3, -0.25) is 9.32 Å². The van der Waals surface area contributed by atoms with Gasteiger partial charge in [0.2, 0.25) is 10.0 Å². The monoisotopic (exact) mass is 386 g/mol. The molecule has 1 amide bonds. The quantitative estimate of drug-likeness (QED) is 0.413. The van der Waals surface area contributed by atoms with Gasteiger partial charge >= 0.3 is 7.82 Å². The third-order valence-corrected chi connectivity index (χ3v) is 5.69. The van der Waals surface area contributed by atoms with Gasteiger partial charge in [-0.1, -0.05) is 12.1 Å². The number of phosphoric acid groups is 1. The van der Waals surface area contributed by atoms with Crippen molar-refractivity contribution in [1.29, 1.82) is 0 Å². The normalized spacial score (nSPS) is 14.1. The molecule has 0 saturated carbocycles. The molecule has 0 aliphatic carbocycles. The van der Waals surface area contributed by atoms with E-state index in [0.717, 1.165) is 0 Å². The number of benzene rings is 2. The van der Waals surface area contributed by atoms with E-state index in [4.69, 9.17) is 9.79 Å². The van der Waals surface area contributed by atoms with Gasteiger partial charge in [-0.2, -0.15) is 0 Å². The first-order valence-corrected chi connectivity index (χ1v) is 10.3. The lowest BCUT2D eigenvalue weighted by atomic mass is 10.1. The highest BCUT2D eigenvalue weighted by atomic mass is 32.2. The van der Waals surface area contributed by atoms with Crippen LogP contribution in [0.2, 0.25) is 0 Å². The number of phosphoric ester groups is 1. The highest BCUT2D eigenvalue weighted by molar-refractivity contribution is 7.89. The van der Waals surface area contributed by atoms with Crippen LogP contribution in [0.1, 0.15) is 16.8 Å². The molecule has 9 nitrogen and oxygen atoms in total. The molecule has 25 heavy (non-hydrogen) atoms. The summed E-state index contributed by atoms with van der Waals surface area (Å²) in [5, 5.41) is 3.66. The molecule has 3 rings (SSSR count). The zero-order valence-corrected chi connectivity index (χ0v) is 14.5. The van der Waals surface area contributed by atoms with E-state index in [2.05, 4.69) is 14.6 Å². The summed E-state index contributed by atoms with van der Waals surface area (Å²) in [5.74, 6) is -0.280. The fourth-order valence-corrected chi connectivity index (χ4v) is 4.28. The van der Waals surface area contributed by atoms with E-state index in [1.54, 1.807) is 18.2 Å². The van der Waals surface area contributed by atoms with Crippen LogP contribution in [0.3, 0.4) is 0 Å². The summed E-state index contributed by atoms with van der Waals surface area (Å²) in [6, 6.07) is 7.79. The molecule has 0 bridgehead atoms. The number of sulfonamides is 1. The summed E-state index contributed by atoms with van der Waals surface area (Å²) in [4.78, 5) is 29.0. The third kappa shape index (κ3) is 3.74.